The zero-order valence-corrected chi connectivity index (χ0v) is 23.3. The van der Waals surface area contributed by atoms with Crippen molar-refractivity contribution in [3.8, 4) is 5.75 Å². The Kier molecular flexibility index (Phi) is 7.68. The van der Waals surface area contributed by atoms with Crippen LogP contribution in [0.3, 0.4) is 0 Å². The van der Waals surface area contributed by atoms with Crippen LogP contribution in [0, 0.1) is 0 Å². The quantitative estimate of drug-likeness (QED) is 0.343. The summed E-state index contributed by atoms with van der Waals surface area (Å²) in [6.45, 7) is 1.24. The van der Waals surface area contributed by atoms with Gasteiger partial charge in [-0.1, -0.05) is 23.4 Å². The van der Waals surface area contributed by atoms with E-state index in [2.05, 4.69) is 15.6 Å². The number of hydrogen-bond donors (Lipinski definition) is 1. The van der Waals surface area contributed by atoms with Crippen molar-refractivity contribution in [3.63, 3.8) is 0 Å². The van der Waals surface area contributed by atoms with Gasteiger partial charge in [0.2, 0.25) is 0 Å². The van der Waals surface area contributed by atoms with Crippen molar-refractivity contribution in [1.29, 1.82) is 0 Å². The van der Waals surface area contributed by atoms with Gasteiger partial charge in [-0.25, -0.2) is 4.68 Å². The van der Waals surface area contributed by atoms with Gasteiger partial charge in [-0.05, 0) is 86.3 Å². The highest BCUT2D eigenvalue weighted by molar-refractivity contribution is 6.05. The molecular weight excluding hydrogens is 532 g/mol. The number of para-hydroxylation sites is 1. The molecule has 6 rings (SSSR count). The van der Waals surface area contributed by atoms with E-state index in [0.717, 1.165) is 30.7 Å². The number of likely N-dealkylation sites (tertiary alicyclic amines) is 1. The third kappa shape index (κ3) is 5.47. The molecular formula is C32H32N6O4. The Bertz CT molecular complexity index is 1570. The molecule has 3 amide bonds. The first-order valence-electron chi connectivity index (χ1n) is 14.2. The van der Waals surface area contributed by atoms with Crippen LogP contribution >= 0.6 is 0 Å². The summed E-state index contributed by atoms with van der Waals surface area (Å²) < 4.78 is 6.89. The zero-order chi connectivity index (χ0) is 29.1. The minimum Gasteiger partial charge on any atom is -0.497 e. The smallest absolute Gasteiger partial charge is 0.255 e. The SMILES string of the molecule is COc1ccc(N2CCCC(n3cc(C4CCCN4C(=O)c4ccc(C(=O)Nc5ccccc5)cc4)nn3)C2=O)cc1. The summed E-state index contributed by atoms with van der Waals surface area (Å²) in [5, 5.41) is 11.6. The summed E-state index contributed by atoms with van der Waals surface area (Å²) in [5.41, 5.74) is 3.18. The number of benzene rings is 3. The molecule has 1 N–H and O–H groups in total. The van der Waals surface area contributed by atoms with Gasteiger partial charge in [0.1, 0.15) is 17.5 Å². The first-order chi connectivity index (χ1) is 20.5. The van der Waals surface area contributed by atoms with Gasteiger partial charge in [-0.15, -0.1) is 5.10 Å². The molecule has 2 aliphatic heterocycles. The molecule has 10 nitrogen and oxygen atoms in total. The zero-order valence-electron chi connectivity index (χ0n) is 23.3. The highest BCUT2D eigenvalue weighted by Gasteiger charge is 2.35. The molecule has 3 aromatic carbocycles. The number of aromatic nitrogens is 3. The van der Waals surface area contributed by atoms with Gasteiger partial charge in [0.15, 0.2) is 0 Å². The highest BCUT2D eigenvalue weighted by atomic mass is 16.5. The molecule has 0 aliphatic carbocycles. The van der Waals surface area contributed by atoms with Gasteiger partial charge in [0.25, 0.3) is 17.7 Å². The highest BCUT2D eigenvalue weighted by Crippen LogP contribution is 2.34. The maximum atomic E-state index is 13.5. The number of piperidine rings is 1. The number of carbonyl (C=O) groups is 3. The minimum absolute atomic E-state index is 0.0291. The summed E-state index contributed by atoms with van der Waals surface area (Å²) in [5.74, 6) is 0.347. The van der Waals surface area contributed by atoms with Crippen molar-refractivity contribution in [3.05, 3.63) is 102 Å². The minimum atomic E-state index is -0.456. The Labute approximate surface area is 243 Å². The van der Waals surface area contributed by atoms with Crippen molar-refractivity contribution in [2.45, 2.75) is 37.8 Å². The van der Waals surface area contributed by atoms with Gasteiger partial charge in [-0.2, -0.15) is 0 Å². The molecule has 2 fully saturated rings. The van der Waals surface area contributed by atoms with Crippen LogP contribution in [0.1, 0.15) is 64.2 Å². The lowest BCUT2D eigenvalue weighted by molar-refractivity contribution is -0.123. The maximum Gasteiger partial charge on any atom is 0.255 e. The number of rotatable bonds is 7. The van der Waals surface area contributed by atoms with E-state index in [4.69, 9.17) is 4.74 Å². The fourth-order valence-electron chi connectivity index (χ4n) is 5.69. The molecule has 3 heterocycles. The van der Waals surface area contributed by atoms with Crippen LogP contribution < -0.4 is 15.0 Å². The fraction of sp³-hybridized carbons (Fsp3) is 0.281. The second kappa shape index (κ2) is 11.9. The molecule has 1 aromatic heterocycles. The number of carbonyl (C=O) groups excluding carboxylic acids is 3. The lowest BCUT2D eigenvalue weighted by Gasteiger charge is -2.32. The summed E-state index contributed by atoms with van der Waals surface area (Å²) in [6.07, 6.45) is 4.93. The van der Waals surface area contributed by atoms with Crippen molar-refractivity contribution in [2.24, 2.45) is 0 Å². The molecule has 0 saturated carbocycles. The van der Waals surface area contributed by atoms with Crippen LogP contribution in [-0.2, 0) is 4.79 Å². The topological polar surface area (TPSA) is 110 Å². The van der Waals surface area contributed by atoms with E-state index in [1.54, 1.807) is 45.9 Å². The summed E-state index contributed by atoms with van der Waals surface area (Å²) >= 11 is 0. The van der Waals surface area contributed by atoms with E-state index < -0.39 is 6.04 Å². The Morgan fingerprint density at radius 2 is 1.55 bits per heavy atom. The summed E-state index contributed by atoms with van der Waals surface area (Å²) in [6, 6.07) is 22.7. The van der Waals surface area contributed by atoms with Crippen LogP contribution in [0.15, 0.2) is 85.1 Å². The lowest BCUT2D eigenvalue weighted by Crippen LogP contribution is -2.42. The number of amides is 3. The number of anilines is 2. The lowest BCUT2D eigenvalue weighted by atomic mass is 10.0. The van der Waals surface area contributed by atoms with E-state index >= 15 is 0 Å². The van der Waals surface area contributed by atoms with Gasteiger partial charge in [-0.3, -0.25) is 14.4 Å². The second-order valence-electron chi connectivity index (χ2n) is 10.5. The summed E-state index contributed by atoms with van der Waals surface area (Å²) in [4.78, 5) is 43.2. The van der Waals surface area contributed by atoms with Gasteiger partial charge in [0.05, 0.1) is 19.3 Å². The van der Waals surface area contributed by atoms with E-state index in [1.165, 1.54) is 0 Å². The van der Waals surface area contributed by atoms with Crippen LogP contribution in [0.5, 0.6) is 5.75 Å². The van der Waals surface area contributed by atoms with Crippen molar-refractivity contribution >= 4 is 29.1 Å². The van der Waals surface area contributed by atoms with Crippen molar-refractivity contribution in [2.75, 3.05) is 30.4 Å². The van der Waals surface area contributed by atoms with E-state index in [-0.39, 0.29) is 23.8 Å². The molecule has 2 atom stereocenters. The van der Waals surface area contributed by atoms with Crippen LogP contribution in [-0.4, -0.2) is 57.8 Å². The number of methoxy groups -OCH3 is 1. The molecule has 214 valence electrons. The first kappa shape index (κ1) is 27.2. The Balaban J connectivity index is 1.13. The molecule has 0 radical (unpaired) electrons. The average Bonchev–Trinajstić information content (AvgIpc) is 3.72. The largest absolute Gasteiger partial charge is 0.497 e. The van der Waals surface area contributed by atoms with Crippen LogP contribution in [0.2, 0.25) is 0 Å². The average molecular weight is 565 g/mol. The molecule has 2 unspecified atom stereocenters. The molecule has 2 aliphatic rings. The number of nitrogens with zero attached hydrogens (tertiary/aromatic N) is 5. The third-order valence-corrected chi connectivity index (χ3v) is 7.92. The second-order valence-corrected chi connectivity index (χ2v) is 10.5. The standard InChI is InChI=1S/C32H32N6O4/c1-42-26-17-15-25(16-18-26)36-19-6-10-29(32(36)41)38-21-27(34-35-38)28-9-5-20-37(28)31(40)23-13-11-22(12-14-23)30(39)33-24-7-3-2-4-8-24/h2-4,7-8,11-18,21,28-29H,5-6,9-10,19-20H2,1H3,(H,33,39). The van der Waals surface area contributed by atoms with E-state index in [0.29, 0.717) is 42.0 Å². The van der Waals surface area contributed by atoms with Gasteiger partial charge >= 0.3 is 0 Å². The fourth-order valence-corrected chi connectivity index (χ4v) is 5.69. The summed E-state index contributed by atoms with van der Waals surface area (Å²) in [7, 11) is 1.61. The number of hydrogen-bond acceptors (Lipinski definition) is 6. The Morgan fingerprint density at radius 3 is 2.29 bits per heavy atom. The Hall–Kier alpha value is -4.99. The predicted molar refractivity (Wildman–Crippen MR) is 157 cm³/mol. The number of ether oxygens (including phenoxy) is 1. The molecule has 42 heavy (non-hydrogen) atoms. The van der Waals surface area contributed by atoms with Crippen molar-refractivity contribution < 1.29 is 19.1 Å². The molecule has 0 spiro atoms. The van der Waals surface area contributed by atoms with Crippen LogP contribution in [0.25, 0.3) is 0 Å². The molecule has 10 heteroatoms. The monoisotopic (exact) mass is 564 g/mol. The normalized spacial score (nSPS) is 18.6. The van der Waals surface area contributed by atoms with E-state index in [1.807, 2.05) is 60.8 Å². The maximum absolute atomic E-state index is 13.5. The predicted octanol–water partition coefficient (Wildman–Crippen LogP) is 4.88. The number of nitrogens with one attached hydrogen (secondary N) is 1. The third-order valence-electron chi connectivity index (χ3n) is 7.92. The van der Waals surface area contributed by atoms with E-state index in [9.17, 15) is 14.4 Å². The molecule has 0 bridgehead atoms. The Morgan fingerprint density at radius 1 is 0.857 bits per heavy atom. The molecule has 4 aromatic rings. The van der Waals surface area contributed by atoms with Crippen molar-refractivity contribution in [1.82, 2.24) is 19.9 Å². The van der Waals surface area contributed by atoms with Gasteiger partial charge < -0.3 is 19.9 Å². The first-order valence-corrected chi connectivity index (χ1v) is 14.2. The van der Waals surface area contributed by atoms with Gasteiger partial charge in [0, 0.05) is 35.6 Å². The molecule has 2 saturated heterocycles. The van der Waals surface area contributed by atoms with Crippen LogP contribution in [0.4, 0.5) is 11.4 Å².